The smallest absolute Gasteiger partial charge is 0.223 e. The van der Waals surface area contributed by atoms with Crippen molar-refractivity contribution in [3.8, 4) is 0 Å². The predicted octanol–water partition coefficient (Wildman–Crippen LogP) is 2.01. The van der Waals surface area contributed by atoms with Gasteiger partial charge in [0, 0.05) is 25.6 Å². The Kier molecular flexibility index (Phi) is 4.36. The molecule has 0 saturated carbocycles. The van der Waals surface area contributed by atoms with Gasteiger partial charge in [-0.15, -0.1) is 0 Å². The molecule has 2 N–H and O–H groups in total. The van der Waals surface area contributed by atoms with Crippen molar-refractivity contribution in [1.82, 2.24) is 4.90 Å². The number of nitrogens with zero attached hydrogens (tertiary/aromatic N) is 1. The number of piperidine rings is 1. The third-order valence-corrected chi connectivity index (χ3v) is 3.36. The number of hydrogen-bond acceptors (Lipinski definition) is 2. The van der Waals surface area contributed by atoms with E-state index in [0.717, 1.165) is 13.0 Å². The van der Waals surface area contributed by atoms with Crippen molar-refractivity contribution in [2.45, 2.75) is 53.0 Å². The minimum absolute atomic E-state index is 0.0664. The Hall–Kier alpha value is -0.570. The van der Waals surface area contributed by atoms with Crippen LogP contribution in [-0.2, 0) is 4.79 Å². The molecule has 0 spiro atoms. The minimum atomic E-state index is 0.0664. The van der Waals surface area contributed by atoms with E-state index in [0.29, 0.717) is 18.9 Å². The zero-order valence-electron chi connectivity index (χ0n) is 11.1. The maximum atomic E-state index is 12.2. The molecular weight excluding hydrogens is 200 g/mol. The Labute approximate surface area is 99.4 Å². The molecule has 1 amide bonds. The quantitative estimate of drug-likeness (QED) is 0.783. The van der Waals surface area contributed by atoms with Crippen LogP contribution >= 0.6 is 0 Å². The van der Waals surface area contributed by atoms with Crippen LogP contribution in [0.5, 0.6) is 0 Å². The zero-order valence-corrected chi connectivity index (χ0v) is 11.1. The van der Waals surface area contributed by atoms with Crippen molar-refractivity contribution in [2.24, 2.45) is 17.1 Å². The molecule has 1 aliphatic rings. The third-order valence-electron chi connectivity index (χ3n) is 3.36. The van der Waals surface area contributed by atoms with Crippen LogP contribution < -0.4 is 5.73 Å². The molecule has 1 rings (SSSR count). The second-order valence-corrected chi connectivity index (χ2v) is 6.25. The summed E-state index contributed by atoms with van der Waals surface area (Å²) in [4.78, 5) is 14.2. The van der Waals surface area contributed by atoms with Crippen LogP contribution in [0.25, 0.3) is 0 Å². The van der Waals surface area contributed by atoms with E-state index in [-0.39, 0.29) is 17.4 Å². The van der Waals surface area contributed by atoms with Crippen LogP contribution in [-0.4, -0.2) is 29.9 Å². The Morgan fingerprint density at radius 1 is 1.44 bits per heavy atom. The third kappa shape index (κ3) is 3.48. The first-order valence-electron chi connectivity index (χ1n) is 6.34. The fourth-order valence-corrected chi connectivity index (χ4v) is 2.47. The molecule has 0 bridgehead atoms. The molecular formula is C13H26N2O. The second-order valence-electron chi connectivity index (χ2n) is 6.25. The molecule has 0 aromatic carbocycles. The normalized spacial score (nSPS) is 26.9. The van der Waals surface area contributed by atoms with Gasteiger partial charge in [-0.3, -0.25) is 4.79 Å². The average molecular weight is 226 g/mol. The van der Waals surface area contributed by atoms with Crippen molar-refractivity contribution in [2.75, 3.05) is 13.1 Å². The molecule has 2 unspecified atom stereocenters. The highest BCUT2D eigenvalue weighted by molar-refractivity contribution is 5.77. The molecule has 0 aromatic heterocycles. The van der Waals surface area contributed by atoms with E-state index >= 15 is 0 Å². The van der Waals surface area contributed by atoms with E-state index < -0.39 is 0 Å². The fraction of sp³-hybridized carbons (Fsp3) is 0.923. The van der Waals surface area contributed by atoms with E-state index in [1.54, 1.807) is 0 Å². The summed E-state index contributed by atoms with van der Waals surface area (Å²) < 4.78 is 0. The van der Waals surface area contributed by atoms with Gasteiger partial charge < -0.3 is 10.6 Å². The summed E-state index contributed by atoms with van der Waals surface area (Å²) in [5.74, 6) is 0.817. The lowest BCUT2D eigenvalue weighted by Crippen LogP contribution is -2.51. The lowest BCUT2D eigenvalue weighted by Gasteiger charge is -2.40. The van der Waals surface area contributed by atoms with Gasteiger partial charge in [0.2, 0.25) is 5.91 Å². The Balaban J connectivity index is 2.66. The molecule has 16 heavy (non-hydrogen) atoms. The van der Waals surface area contributed by atoms with Gasteiger partial charge in [0.05, 0.1) is 0 Å². The zero-order chi connectivity index (χ0) is 12.3. The van der Waals surface area contributed by atoms with Gasteiger partial charge in [-0.25, -0.2) is 0 Å². The molecule has 1 aliphatic heterocycles. The summed E-state index contributed by atoms with van der Waals surface area (Å²) in [5, 5.41) is 0. The number of likely N-dealkylation sites (tertiary alicyclic amines) is 1. The van der Waals surface area contributed by atoms with Crippen molar-refractivity contribution in [3.63, 3.8) is 0 Å². The van der Waals surface area contributed by atoms with Gasteiger partial charge in [-0.2, -0.15) is 0 Å². The molecule has 1 fully saturated rings. The highest BCUT2D eigenvalue weighted by atomic mass is 16.2. The first-order chi connectivity index (χ1) is 7.35. The van der Waals surface area contributed by atoms with E-state index in [1.165, 1.54) is 6.42 Å². The van der Waals surface area contributed by atoms with Crippen molar-refractivity contribution in [1.29, 1.82) is 0 Å². The lowest BCUT2D eigenvalue weighted by molar-refractivity contribution is -0.137. The monoisotopic (exact) mass is 226 g/mol. The number of nitrogens with two attached hydrogens (primary N) is 1. The van der Waals surface area contributed by atoms with Crippen LogP contribution in [0, 0.1) is 11.3 Å². The molecule has 3 nitrogen and oxygen atoms in total. The number of rotatable bonds is 2. The molecule has 2 atom stereocenters. The summed E-state index contributed by atoms with van der Waals surface area (Å²) in [6.45, 7) is 10.0. The van der Waals surface area contributed by atoms with Crippen LogP contribution in [0.1, 0.15) is 47.0 Å². The summed E-state index contributed by atoms with van der Waals surface area (Å²) in [6.07, 6.45) is 2.94. The second kappa shape index (κ2) is 5.17. The van der Waals surface area contributed by atoms with Gasteiger partial charge in [0.15, 0.2) is 0 Å². The maximum absolute atomic E-state index is 12.2. The largest absolute Gasteiger partial charge is 0.338 e. The SMILES string of the molecule is CC1CCCN(C(=O)CC(C)(C)C)C1CN. The Morgan fingerprint density at radius 2 is 2.06 bits per heavy atom. The van der Waals surface area contributed by atoms with E-state index in [9.17, 15) is 4.79 Å². The maximum Gasteiger partial charge on any atom is 0.223 e. The van der Waals surface area contributed by atoms with E-state index in [2.05, 4.69) is 27.7 Å². The molecule has 1 heterocycles. The molecule has 0 radical (unpaired) electrons. The Bertz CT molecular complexity index is 245. The van der Waals surface area contributed by atoms with E-state index in [1.807, 2.05) is 4.90 Å². The first-order valence-corrected chi connectivity index (χ1v) is 6.34. The van der Waals surface area contributed by atoms with Gasteiger partial charge >= 0.3 is 0 Å². The standard InChI is InChI=1S/C13H26N2O/c1-10-6-5-7-15(11(10)9-14)12(16)8-13(2,3)4/h10-11H,5-9,14H2,1-4H3. The summed E-state index contributed by atoms with van der Waals surface area (Å²) >= 11 is 0. The number of hydrogen-bond donors (Lipinski definition) is 1. The molecule has 3 heteroatoms. The van der Waals surface area contributed by atoms with Crippen LogP contribution in [0.3, 0.4) is 0 Å². The highest BCUT2D eigenvalue weighted by Gasteiger charge is 2.32. The van der Waals surface area contributed by atoms with Gasteiger partial charge in [-0.05, 0) is 24.2 Å². The summed E-state index contributed by atoms with van der Waals surface area (Å²) in [7, 11) is 0. The van der Waals surface area contributed by atoms with Gasteiger partial charge in [0.25, 0.3) is 0 Å². The number of carbonyl (C=O) groups is 1. The fourth-order valence-electron chi connectivity index (χ4n) is 2.47. The van der Waals surface area contributed by atoms with Crippen LogP contribution in [0.2, 0.25) is 0 Å². The van der Waals surface area contributed by atoms with Crippen molar-refractivity contribution >= 4 is 5.91 Å². The number of carbonyl (C=O) groups excluding carboxylic acids is 1. The van der Waals surface area contributed by atoms with Crippen molar-refractivity contribution in [3.05, 3.63) is 0 Å². The van der Waals surface area contributed by atoms with Crippen molar-refractivity contribution < 1.29 is 4.79 Å². The van der Waals surface area contributed by atoms with E-state index in [4.69, 9.17) is 5.73 Å². The summed E-state index contributed by atoms with van der Waals surface area (Å²) in [6, 6.07) is 0.253. The van der Waals surface area contributed by atoms with Crippen LogP contribution in [0.15, 0.2) is 0 Å². The van der Waals surface area contributed by atoms with Crippen LogP contribution in [0.4, 0.5) is 0 Å². The minimum Gasteiger partial charge on any atom is -0.338 e. The number of amides is 1. The molecule has 0 aromatic rings. The highest BCUT2D eigenvalue weighted by Crippen LogP contribution is 2.26. The molecule has 94 valence electrons. The average Bonchev–Trinajstić information content (AvgIpc) is 2.14. The lowest BCUT2D eigenvalue weighted by atomic mass is 9.87. The molecule has 0 aliphatic carbocycles. The first kappa shape index (κ1) is 13.5. The summed E-state index contributed by atoms with van der Waals surface area (Å²) in [5.41, 5.74) is 5.86. The molecule has 1 saturated heterocycles. The topological polar surface area (TPSA) is 46.3 Å². The van der Waals surface area contributed by atoms with Gasteiger partial charge in [-0.1, -0.05) is 27.7 Å². The van der Waals surface area contributed by atoms with Gasteiger partial charge in [0.1, 0.15) is 0 Å². The predicted molar refractivity (Wildman–Crippen MR) is 67.0 cm³/mol. The Morgan fingerprint density at radius 3 is 2.56 bits per heavy atom.